The van der Waals surface area contributed by atoms with E-state index in [2.05, 4.69) is 0 Å². The van der Waals surface area contributed by atoms with Crippen LogP contribution in [0.2, 0.25) is 0 Å². The Kier molecular flexibility index (Phi) is 7.66. The minimum atomic E-state index is -4.15. The molecule has 0 aromatic rings. The van der Waals surface area contributed by atoms with Gasteiger partial charge in [0.2, 0.25) is 0 Å². The molecule has 1 nitrogen and oxygen atoms in total. The molecule has 0 aromatic heterocycles. The van der Waals surface area contributed by atoms with E-state index >= 15 is 0 Å². The van der Waals surface area contributed by atoms with E-state index in [-0.39, 0.29) is 18.0 Å². The van der Waals surface area contributed by atoms with Gasteiger partial charge in [0.25, 0.3) is 0 Å². The SMILES string of the molecule is CCCCCCN(C(=S)CC)C(F)(F)C(F)F. The van der Waals surface area contributed by atoms with Crippen LogP contribution in [0.1, 0.15) is 46.0 Å². The molecule has 0 spiro atoms. The minimum Gasteiger partial charge on any atom is -0.303 e. The van der Waals surface area contributed by atoms with Crippen LogP contribution in [0, 0.1) is 0 Å². The molecule has 0 saturated carbocycles. The van der Waals surface area contributed by atoms with Gasteiger partial charge in [-0.25, -0.2) is 8.78 Å². The van der Waals surface area contributed by atoms with Gasteiger partial charge >= 0.3 is 12.5 Å². The van der Waals surface area contributed by atoms with Gasteiger partial charge in [-0.15, -0.1) is 0 Å². The Labute approximate surface area is 105 Å². The van der Waals surface area contributed by atoms with E-state index in [0.29, 0.717) is 11.3 Å². The van der Waals surface area contributed by atoms with Crippen LogP contribution in [0.5, 0.6) is 0 Å². The van der Waals surface area contributed by atoms with E-state index in [1.807, 2.05) is 6.92 Å². The molecule has 0 heterocycles. The number of thiocarbonyl (C=S) groups is 1. The molecule has 0 N–H and O–H groups in total. The van der Waals surface area contributed by atoms with Crippen LogP contribution in [0.25, 0.3) is 0 Å². The van der Waals surface area contributed by atoms with Gasteiger partial charge in [-0.2, -0.15) is 8.78 Å². The molecule has 0 radical (unpaired) electrons. The molecule has 0 saturated heterocycles. The van der Waals surface area contributed by atoms with Crippen LogP contribution < -0.4 is 0 Å². The van der Waals surface area contributed by atoms with E-state index in [4.69, 9.17) is 12.2 Å². The molecule has 0 aliphatic heterocycles. The molecule has 0 aliphatic rings. The number of unbranched alkanes of at least 4 members (excludes halogenated alkanes) is 3. The lowest BCUT2D eigenvalue weighted by molar-refractivity contribution is -0.202. The number of alkyl halides is 4. The Hall–Kier alpha value is -0.390. The highest BCUT2D eigenvalue weighted by Crippen LogP contribution is 2.29. The number of nitrogens with zero attached hydrogens (tertiary/aromatic N) is 1. The summed E-state index contributed by atoms with van der Waals surface area (Å²) in [6, 6.07) is -4.15. The van der Waals surface area contributed by atoms with Crippen molar-refractivity contribution >= 4 is 17.2 Å². The standard InChI is InChI=1S/C11H19F4NS/c1-3-5-6-7-8-16(9(17)4-2)11(14,15)10(12)13/h10H,3-8H2,1-2H3. The van der Waals surface area contributed by atoms with Crippen molar-refractivity contribution in [1.29, 1.82) is 0 Å². The highest BCUT2D eigenvalue weighted by atomic mass is 32.1. The lowest BCUT2D eigenvalue weighted by Crippen LogP contribution is -2.50. The van der Waals surface area contributed by atoms with Gasteiger partial charge in [-0.1, -0.05) is 45.3 Å². The largest absolute Gasteiger partial charge is 0.386 e. The van der Waals surface area contributed by atoms with E-state index in [0.717, 1.165) is 19.3 Å². The smallest absolute Gasteiger partial charge is 0.303 e. The van der Waals surface area contributed by atoms with Gasteiger partial charge in [0.05, 0.1) is 4.99 Å². The van der Waals surface area contributed by atoms with Crippen molar-refractivity contribution in [3.05, 3.63) is 0 Å². The Morgan fingerprint density at radius 1 is 1.18 bits per heavy atom. The topological polar surface area (TPSA) is 3.24 Å². The maximum Gasteiger partial charge on any atom is 0.386 e. The zero-order chi connectivity index (χ0) is 13.5. The Balaban J connectivity index is 4.49. The number of halogens is 4. The molecule has 0 fully saturated rings. The average molecular weight is 273 g/mol. The number of hydrogen-bond acceptors (Lipinski definition) is 1. The molecule has 6 heteroatoms. The van der Waals surface area contributed by atoms with Gasteiger partial charge in [0, 0.05) is 6.54 Å². The van der Waals surface area contributed by atoms with Gasteiger partial charge in [0.1, 0.15) is 0 Å². The van der Waals surface area contributed by atoms with Crippen LogP contribution in [0.3, 0.4) is 0 Å². The van der Waals surface area contributed by atoms with Crippen LogP contribution in [-0.4, -0.2) is 28.9 Å². The van der Waals surface area contributed by atoms with Gasteiger partial charge in [0.15, 0.2) is 0 Å². The fraction of sp³-hybridized carbons (Fsp3) is 0.909. The molecule has 0 amide bonds. The molecule has 0 aromatic carbocycles. The monoisotopic (exact) mass is 273 g/mol. The van der Waals surface area contributed by atoms with Gasteiger partial charge in [-0.3, -0.25) is 0 Å². The predicted octanol–water partition coefficient (Wildman–Crippen LogP) is 4.46. The minimum absolute atomic E-state index is 0.105. The molecular formula is C11H19F4NS. The van der Waals surface area contributed by atoms with Crippen molar-refractivity contribution < 1.29 is 17.6 Å². The van der Waals surface area contributed by atoms with Crippen molar-refractivity contribution in [3.8, 4) is 0 Å². The third kappa shape index (κ3) is 5.19. The summed E-state index contributed by atoms with van der Waals surface area (Å²) in [5.74, 6) is 0. The molecule has 0 unspecified atom stereocenters. The quantitative estimate of drug-likeness (QED) is 0.278. The molecular weight excluding hydrogens is 254 g/mol. The first-order valence-corrected chi connectivity index (χ1v) is 6.25. The maximum atomic E-state index is 13.2. The predicted molar refractivity (Wildman–Crippen MR) is 64.7 cm³/mol. The summed E-state index contributed by atoms with van der Waals surface area (Å²) in [7, 11) is 0. The average Bonchev–Trinajstić information content (AvgIpc) is 2.27. The highest BCUT2D eigenvalue weighted by Gasteiger charge is 2.47. The van der Waals surface area contributed by atoms with Crippen molar-refractivity contribution in [2.24, 2.45) is 0 Å². The summed E-state index contributed by atoms with van der Waals surface area (Å²) in [5, 5.41) is 0. The molecule has 0 atom stereocenters. The first kappa shape index (κ1) is 16.6. The summed E-state index contributed by atoms with van der Waals surface area (Å²) in [6.07, 6.45) is -0.463. The first-order valence-electron chi connectivity index (χ1n) is 5.84. The molecule has 0 bridgehead atoms. The second-order valence-electron chi connectivity index (χ2n) is 3.85. The number of hydrogen-bond donors (Lipinski definition) is 0. The molecule has 0 rings (SSSR count). The second-order valence-corrected chi connectivity index (χ2v) is 4.32. The zero-order valence-corrected chi connectivity index (χ0v) is 11.0. The second kappa shape index (κ2) is 7.84. The van der Waals surface area contributed by atoms with E-state index in [9.17, 15) is 17.6 Å². The maximum absolute atomic E-state index is 13.2. The summed E-state index contributed by atoms with van der Waals surface area (Å²) in [6.45, 7) is 3.47. The summed E-state index contributed by atoms with van der Waals surface area (Å²) >= 11 is 4.73. The summed E-state index contributed by atoms with van der Waals surface area (Å²) in [4.78, 5) is 0.273. The Bertz CT molecular complexity index is 234. The van der Waals surface area contributed by atoms with Crippen LogP contribution in [0.15, 0.2) is 0 Å². The highest BCUT2D eigenvalue weighted by molar-refractivity contribution is 7.80. The molecule has 102 valence electrons. The third-order valence-corrected chi connectivity index (χ3v) is 2.97. The van der Waals surface area contributed by atoms with E-state index in [1.54, 1.807) is 6.92 Å². The van der Waals surface area contributed by atoms with E-state index in [1.165, 1.54) is 0 Å². The first-order chi connectivity index (χ1) is 7.87. The van der Waals surface area contributed by atoms with Crippen molar-refractivity contribution in [2.45, 2.75) is 58.4 Å². The van der Waals surface area contributed by atoms with Crippen molar-refractivity contribution in [1.82, 2.24) is 4.90 Å². The summed E-state index contributed by atoms with van der Waals surface area (Å²) in [5.41, 5.74) is 0. The van der Waals surface area contributed by atoms with Crippen LogP contribution >= 0.6 is 12.2 Å². The molecule has 17 heavy (non-hydrogen) atoms. The van der Waals surface area contributed by atoms with Crippen molar-refractivity contribution in [3.63, 3.8) is 0 Å². The van der Waals surface area contributed by atoms with Crippen molar-refractivity contribution in [2.75, 3.05) is 6.54 Å². The van der Waals surface area contributed by atoms with E-state index < -0.39 is 12.5 Å². The van der Waals surface area contributed by atoms with Crippen LogP contribution in [-0.2, 0) is 0 Å². The van der Waals surface area contributed by atoms with Gasteiger partial charge in [-0.05, 0) is 12.8 Å². The fourth-order valence-corrected chi connectivity index (χ4v) is 1.66. The fourth-order valence-electron chi connectivity index (χ4n) is 1.45. The normalized spacial score (nSPS) is 11.9. The Morgan fingerprint density at radius 3 is 2.18 bits per heavy atom. The Morgan fingerprint density at radius 2 is 1.76 bits per heavy atom. The summed E-state index contributed by atoms with van der Waals surface area (Å²) < 4.78 is 51.1. The number of rotatable bonds is 8. The lowest BCUT2D eigenvalue weighted by Gasteiger charge is -2.32. The molecule has 0 aliphatic carbocycles. The lowest BCUT2D eigenvalue weighted by atomic mass is 10.2. The van der Waals surface area contributed by atoms with Gasteiger partial charge < -0.3 is 4.90 Å². The third-order valence-electron chi connectivity index (χ3n) is 2.46. The van der Waals surface area contributed by atoms with Crippen LogP contribution in [0.4, 0.5) is 17.6 Å². The zero-order valence-electron chi connectivity index (χ0n) is 10.2.